The van der Waals surface area contributed by atoms with Crippen LogP contribution in [0.2, 0.25) is 0 Å². The van der Waals surface area contributed by atoms with Crippen LogP contribution in [0.4, 0.5) is 0 Å². The van der Waals surface area contributed by atoms with Gasteiger partial charge in [-0.1, -0.05) is 51.9 Å². The van der Waals surface area contributed by atoms with E-state index in [0.29, 0.717) is 6.54 Å². The highest BCUT2D eigenvalue weighted by atomic mass is 16.3. The molecule has 0 aliphatic heterocycles. The van der Waals surface area contributed by atoms with E-state index in [4.69, 9.17) is 5.73 Å². The molecular formula is C14H29NO. The van der Waals surface area contributed by atoms with E-state index in [-0.39, 0.29) is 11.5 Å². The smallest absolute Gasteiger partial charge is 0.0608 e. The normalized spacial score (nSPS) is 29.8. The van der Waals surface area contributed by atoms with Gasteiger partial charge in [-0.05, 0) is 19.3 Å². The highest BCUT2D eigenvalue weighted by Gasteiger charge is 2.39. The van der Waals surface area contributed by atoms with Crippen molar-refractivity contribution >= 4 is 0 Å². The van der Waals surface area contributed by atoms with E-state index in [9.17, 15) is 5.11 Å². The van der Waals surface area contributed by atoms with Crippen LogP contribution in [0, 0.1) is 5.41 Å². The molecular weight excluding hydrogens is 198 g/mol. The SMILES string of the molecule is CCCCCCCCC1(CN)CCCC1O. The molecule has 0 heterocycles. The fourth-order valence-electron chi connectivity index (χ4n) is 3.01. The maximum atomic E-state index is 10.0. The molecule has 2 unspecified atom stereocenters. The van der Waals surface area contributed by atoms with Gasteiger partial charge in [0.25, 0.3) is 0 Å². The Morgan fingerprint density at radius 3 is 2.44 bits per heavy atom. The minimum absolute atomic E-state index is 0.0742. The first kappa shape index (κ1) is 14.0. The molecule has 0 aromatic carbocycles. The van der Waals surface area contributed by atoms with Crippen molar-refractivity contribution in [3.63, 3.8) is 0 Å². The summed E-state index contributed by atoms with van der Waals surface area (Å²) in [6, 6.07) is 0. The average Bonchev–Trinajstić information content (AvgIpc) is 2.66. The van der Waals surface area contributed by atoms with Gasteiger partial charge >= 0.3 is 0 Å². The molecule has 1 aliphatic rings. The van der Waals surface area contributed by atoms with Gasteiger partial charge in [-0.2, -0.15) is 0 Å². The lowest BCUT2D eigenvalue weighted by Gasteiger charge is -2.31. The van der Waals surface area contributed by atoms with Crippen molar-refractivity contribution in [1.29, 1.82) is 0 Å². The molecule has 2 heteroatoms. The second kappa shape index (κ2) is 7.29. The third-order valence-corrected chi connectivity index (χ3v) is 4.29. The van der Waals surface area contributed by atoms with Crippen LogP contribution in [0.25, 0.3) is 0 Å². The average molecular weight is 227 g/mol. The number of hydrogen-bond acceptors (Lipinski definition) is 2. The lowest BCUT2D eigenvalue weighted by atomic mass is 9.79. The fraction of sp³-hybridized carbons (Fsp3) is 1.00. The lowest BCUT2D eigenvalue weighted by molar-refractivity contribution is 0.0500. The van der Waals surface area contributed by atoms with Crippen molar-refractivity contribution < 1.29 is 5.11 Å². The molecule has 0 bridgehead atoms. The predicted molar refractivity (Wildman–Crippen MR) is 69.3 cm³/mol. The summed E-state index contributed by atoms with van der Waals surface area (Å²) in [4.78, 5) is 0. The van der Waals surface area contributed by atoms with Crippen molar-refractivity contribution in [3.05, 3.63) is 0 Å². The van der Waals surface area contributed by atoms with Gasteiger partial charge in [0.2, 0.25) is 0 Å². The molecule has 0 radical (unpaired) electrons. The van der Waals surface area contributed by atoms with Gasteiger partial charge in [-0.15, -0.1) is 0 Å². The largest absolute Gasteiger partial charge is 0.393 e. The van der Waals surface area contributed by atoms with Crippen LogP contribution in [0.5, 0.6) is 0 Å². The summed E-state index contributed by atoms with van der Waals surface area (Å²) in [7, 11) is 0. The van der Waals surface area contributed by atoms with Crippen LogP contribution in [0.15, 0.2) is 0 Å². The minimum atomic E-state index is -0.131. The Bertz CT molecular complexity index is 184. The first-order valence-corrected chi connectivity index (χ1v) is 7.13. The molecule has 2 nitrogen and oxygen atoms in total. The third kappa shape index (κ3) is 3.74. The summed E-state index contributed by atoms with van der Waals surface area (Å²) >= 11 is 0. The number of hydrogen-bond donors (Lipinski definition) is 2. The van der Waals surface area contributed by atoms with E-state index in [1.165, 1.54) is 38.5 Å². The molecule has 1 aliphatic carbocycles. The summed E-state index contributed by atoms with van der Waals surface area (Å²) < 4.78 is 0. The second-order valence-corrected chi connectivity index (χ2v) is 5.49. The van der Waals surface area contributed by atoms with Crippen LogP contribution in [0.3, 0.4) is 0 Å². The Morgan fingerprint density at radius 2 is 1.88 bits per heavy atom. The van der Waals surface area contributed by atoms with Crippen molar-refractivity contribution in [2.45, 2.75) is 77.2 Å². The van der Waals surface area contributed by atoms with Crippen LogP contribution in [-0.2, 0) is 0 Å². The van der Waals surface area contributed by atoms with Crippen LogP contribution in [0.1, 0.15) is 71.1 Å². The Kier molecular flexibility index (Phi) is 6.37. The number of aliphatic hydroxyl groups is 1. The summed E-state index contributed by atoms with van der Waals surface area (Å²) in [5.74, 6) is 0. The molecule has 1 rings (SSSR count). The van der Waals surface area contributed by atoms with Crippen LogP contribution >= 0.6 is 0 Å². The zero-order chi connectivity index (χ0) is 11.9. The fourth-order valence-corrected chi connectivity index (χ4v) is 3.01. The molecule has 2 atom stereocenters. The molecule has 0 saturated heterocycles. The Hall–Kier alpha value is -0.0800. The number of rotatable bonds is 8. The number of unbranched alkanes of at least 4 members (excludes halogenated alkanes) is 5. The Balaban J connectivity index is 2.14. The molecule has 0 spiro atoms. The molecule has 96 valence electrons. The van der Waals surface area contributed by atoms with Crippen molar-refractivity contribution in [2.24, 2.45) is 11.1 Å². The maximum absolute atomic E-state index is 10.0. The molecule has 0 amide bonds. The molecule has 1 fully saturated rings. The monoisotopic (exact) mass is 227 g/mol. The Labute approximate surface area is 101 Å². The second-order valence-electron chi connectivity index (χ2n) is 5.49. The first-order chi connectivity index (χ1) is 7.75. The summed E-state index contributed by atoms with van der Waals surface area (Å²) in [6.07, 6.45) is 12.2. The highest BCUT2D eigenvalue weighted by molar-refractivity contribution is 4.92. The zero-order valence-electron chi connectivity index (χ0n) is 10.9. The molecule has 1 saturated carbocycles. The lowest BCUT2D eigenvalue weighted by Crippen LogP contribution is -2.37. The quantitative estimate of drug-likeness (QED) is 0.625. The summed E-state index contributed by atoms with van der Waals surface area (Å²) in [6.45, 7) is 2.92. The van der Waals surface area contributed by atoms with Crippen LogP contribution in [-0.4, -0.2) is 17.8 Å². The third-order valence-electron chi connectivity index (χ3n) is 4.29. The molecule has 0 aromatic heterocycles. The van der Waals surface area contributed by atoms with Gasteiger partial charge in [0.1, 0.15) is 0 Å². The van der Waals surface area contributed by atoms with Gasteiger partial charge in [0.15, 0.2) is 0 Å². The van der Waals surface area contributed by atoms with Gasteiger partial charge < -0.3 is 10.8 Å². The van der Waals surface area contributed by atoms with Gasteiger partial charge in [-0.25, -0.2) is 0 Å². The molecule has 3 N–H and O–H groups in total. The standard InChI is InChI=1S/C14H29NO/c1-2-3-4-5-6-7-10-14(12-15)11-8-9-13(14)16/h13,16H,2-12,15H2,1H3. The Morgan fingerprint density at radius 1 is 1.19 bits per heavy atom. The van der Waals surface area contributed by atoms with E-state index < -0.39 is 0 Å². The maximum Gasteiger partial charge on any atom is 0.0608 e. The van der Waals surface area contributed by atoms with Crippen LogP contribution < -0.4 is 5.73 Å². The minimum Gasteiger partial charge on any atom is -0.393 e. The predicted octanol–water partition coefficient (Wildman–Crippen LogP) is 3.23. The summed E-state index contributed by atoms with van der Waals surface area (Å²) in [5.41, 5.74) is 5.94. The van der Waals surface area contributed by atoms with E-state index in [2.05, 4.69) is 6.92 Å². The van der Waals surface area contributed by atoms with Crippen molar-refractivity contribution in [3.8, 4) is 0 Å². The van der Waals surface area contributed by atoms with E-state index in [0.717, 1.165) is 25.7 Å². The number of nitrogens with two attached hydrogens (primary N) is 1. The zero-order valence-corrected chi connectivity index (χ0v) is 10.9. The van der Waals surface area contributed by atoms with Crippen molar-refractivity contribution in [1.82, 2.24) is 0 Å². The highest BCUT2D eigenvalue weighted by Crippen LogP contribution is 2.41. The topological polar surface area (TPSA) is 46.2 Å². The van der Waals surface area contributed by atoms with Gasteiger partial charge in [-0.3, -0.25) is 0 Å². The van der Waals surface area contributed by atoms with Gasteiger partial charge in [0.05, 0.1) is 6.10 Å². The summed E-state index contributed by atoms with van der Waals surface area (Å²) in [5, 5.41) is 10.0. The van der Waals surface area contributed by atoms with Crippen molar-refractivity contribution in [2.75, 3.05) is 6.54 Å². The van der Waals surface area contributed by atoms with E-state index >= 15 is 0 Å². The van der Waals surface area contributed by atoms with E-state index in [1.807, 2.05) is 0 Å². The number of aliphatic hydroxyl groups excluding tert-OH is 1. The molecule has 16 heavy (non-hydrogen) atoms. The van der Waals surface area contributed by atoms with Gasteiger partial charge in [0, 0.05) is 12.0 Å². The van der Waals surface area contributed by atoms with E-state index in [1.54, 1.807) is 0 Å². The first-order valence-electron chi connectivity index (χ1n) is 7.13. The molecule has 0 aromatic rings.